The summed E-state index contributed by atoms with van der Waals surface area (Å²) in [5.41, 5.74) is 0.699. The number of carbonyl (C=O) groups is 1. The zero-order valence-electron chi connectivity index (χ0n) is 16.3. The number of amides is 1. The molecule has 1 aliphatic heterocycles. The van der Waals surface area contributed by atoms with Gasteiger partial charge < -0.3 is 15.3 Å². The van der Waals surface area contributed by atoms with Crippen molar-refractivity contribution in [3.05, 3.63) is 71.8 Å². The lowest BCUT2D eigenvalue weighted by Gasteiger charge is -2.40. The number of piperidine rings is 1. The summed E-state index contributed by atoms with van der Waals surface area (Å²) in [6, 6.07) is 20.3. The predicted molar refractivity (Wildman–Crippen MR) is 108 cm³/mol. The van der Waals surface area contributed by atoms with E-state index in [0.717, 1.165) is 24.9 Å². The van der Waals surface area contributed by atoms with E-state index in [1.54, 1.807) is 0 Å². The fraction of sp³-hybridized carbons (Fsp3) is 0.435. The maximum absolute atomic E-state index is 13.0. The van der Waals surface area contributed by atoms with E-state index in [1.807, 2.05) is 41.3 Å². The predicted octanol–water partition coefficient (Wildman–Crippen LogP) is 3.11. The maximum atomic E-state index is 13.0. The Kier molecular flexibility index (Phi) is 5.98. The number of hydrogen-bond acceptors (Lipinski definition) is 3. The fourth-order valence-electron chi connectivity index (χ4n) is 3.68. The number of hydrogen-bond donors (Lipinski definition) is 2. The number of nitrogens with zero attached hydrogens (tertiary/aromatic N) is 1. The second kappa shape index (κ2) is 8.24. The number of rotatable bonds is 7. The van der Waals surface area contributed by atoms with Crippen LogP contribution in [0.15, 0.2) is 60.7 Å². The smallest absolute Gasteiger partial charge is 0.255 e. The topological polar surface area (TPSA) is 52.6 Å². The van der Waals surface area contributed by atoms with Crippen molar-refractivity contribution in [2.45, 2.75) is 44.2 Å². The Morgan fingerprint density at radius 3 is 2.37 bits per heavy atom. The van der Waals surface area contributed by atoms with Crippen LogP contribution in [-0.4, -0.2) is 41.1 Å². The molecule has 1 saturated heterocycles. The minimum Gasteiger partial charge on any atom is -0.379 e. The summed E-state index contributed by atoms with van der Waals surface area (Å²) in [6.45, 7) is 5.77. The van der Waals surface area contributed by atoms with E-state index >= 15 is 0 Å². The third-order valence-corrected chi connectivity index (χ3v) is 5.54. The largest absolute Gasteiger partial charge is 0.379 e. The van der Waals surface area contributed by atoms with Crippen LogP contribution in [0, 0.1) is 0 Å². The Morgan fingerprint density at radius 1 is 1.07 bits per heavy atom. The van der Waals surface area contributed by atoms with Crippen LogP contribution in [0.25, 0.3) is 0 Å². The van der Waals surface area contributed by atoms with E-state index in [2.05, 4.69) is 43.4 Å². The van der Waals surface area contributed by atoms with Gasteiger partial charge in [-0.2, -0.15) is 0 Å². The summed E-state index contributed by atoms with van der Waals surface area (Å²) in [5, 5.41) is 14.5. The van der Waals surface area contributed by atoms with Crippen molar-refractivity contribution in [1.29, 1.82) is 0 Å². The first-order valence-electron chi connectivity index (χ1n) is 9.77. The molecule has 3 rings (SSSR count). The van der Waals surface area contributed by atoms with Gasteiger partial charge in [-0.05, 0) is 44.2 Å². The monoisotopic (exact) mass is 366 g/mol. The Hall–Kier alpha value is -2.17. The molecule has 0 spiro atoms. The quantitative estimate of drug-likeness (QED) is 0.792. The maximum Gasteiger partial charge on any atom is 0.255 e. The Balaban J connectivity index is 1.61. The average Bonchev–Trinajstić information content (AvgIpc) is 2.69. The van der Waals surface area contributed by atoms with E-state index < -0.39 is 5.60 Å². The van der Waals surface area contributed by atoms with Gasteiger partial charge in [-0.15, -0.1) is 0 Å². The van der Waals surface area contributed by atoms with Crippen molar-refractivity contribution >= 4 is 5.91 Å². The van der Waals surface area contributed by atoms with Gasteiger partial charge in [-0.25, -0.2) is 0 Å². The van der Waals surface area contributed by atoms with Gasteiger partial charge in [0.25, 0.3) is 5.91 Å². The van der Waals surface area contributed by atoms with Crippen LogP contribution in [0.5, 0.6) is 0 Å². The highest BCUT2D eigenvalue weighted by Crippen LogP contribution is 2.25. The van der Waals surface area contributed by atoms with Crippen LogP contribution < -0.4 is 5.32 Å². The summed E-state index contributed by atoms with van der Waals surface area (Å²) in [4.78, 5) is 14.8. The zero-order chi connectivity index (χ0) is 19.3. The molecule has 0 saturated carbocycles. The lowest BCUT2D eigenvalue weighted by Crippen LogP contribution is -2.60. The van der Waals surface area contributed by atoms with E-state index in [0.29, 0.717) is 13.0 Å². The Bertz CT molecular complexity index is 745. The minimum absolute atomic E-state index is 0.152. The normalized spacial score (nSPS) is 20.7. The first-order valence-corrected chi connectivity index (χ1v) is 9.77. The molecule has 0 radical (unpaired) electrons. The van der Waals surface area contributed by atoms with Gasteiger partial charge in [-0.3, -0.25) is 4.79 Å². The summed E-state index contributed by atoms with van der Waals surface area (Å²) < 4.78 is 0. The molecule has 0 aromatic heterocycles. The summed E-state index contributed by atoms with van der Waals surface area (Å²) in [7, 11) is 0. The van der Waals surface area contributed by atoms with Crippen molar-refractivity contribution in [2.24, 2.45) is 0 Å². The highest BCUT2D eigenvalue weighted by atomic mass is 16.3. The van der Waals surface area contributed by atoms with Gasteiger partial charge in [0.05, 0.1) is 0 Å². The van der Waals surface area contributed by atoms with Crippen LogP contribution in [-0.2, 0) is 16.8 Å². The summed E-state index contributed by atoms with van der Waals surface area (Å²) in [5.74, 6) is -0.152. The molecule has 0 bridgehead atoms. The molecular formula is C23H30N2O2. The van der Waals surface area contributed by atoms with Crippen molar-refractivity contribution < 1.29 is 9.90 Å². The molecule has 1 aliphatic rings. The molecule has 1 fully saturated rings. The van der Waals surface area contributed by atoms with Gasteiger partial charge >= 0.3 is 0 Å². The van der Waals surface area contributed by atoms with Crippen molar-refractivity contribution in [1.82, 2.24) is 10.2 Å². The lowest BCUT2D eigenvalue weighted by molar-refractivity contribution is -0.156. The first kappa shape index (κ1) is 19.6. The number of nitrogens with one attached hydrogen (secondary N) is 1. The van der Waals surface area contributed by atoms with Crippen molar-refractivity contribution in [3.8, 4) is 0 Å². The average molecular weight is 367 g/mol. The van der Waals surface area contributed by atoms with Crippen LogP contribution in [0.3, 0.4) is 0 Å². The molecule has 1 amide bonds. The third kappa shape index (κ3) is 4.76. The van der Waals surface area contributed by atoms with E-state index in [1.165, 1.54) is 5.56 Å². The van der Waals surface area contributed by atoms with E-state index in [-0.39, 0.29) is 18.0 Å². The molecule has 4 nitrogen and oxygen atoms in total. The summed E-state index contributed by atoms with van der Waals surface area (Å²) >= 11 is 0. The number of aliphatic hydroxyl groups is 1. The SMILES string of the molecule is CC(C)(NCC1(O)CCCN(CCc2ccccc2)C1=O)c1ccccc1. The van der Waals surface area contributed by atoms with Crippen molar-refractivity contribution in [3.63, 3.8) is 0 Å². The van der Waals surface area contributed by atoms with Crippen LogP contribution in [0.2, 0.25) is 0 Å². The molecule has 1 atom stereocenters. The molecule has 2 aromatic carbocycles. The van der Waals surface area contributed by atoms with Crippen LogP contribution in [0.4, 0.5) is 0 Å². The number of likely N-dealkylation sites (tertiary alicyclic amines) is 1. The minimum atomic E-state index is -1.33. The lowest BCUT2D eigenvalue weighted by atomic mass is 9.88. The molecule has 27 heavy (non-hydrogen) atoms. The Morgan fingerprint density at radius 2 is 1.70 bits per heavy atom. The second-order valence-corrected chi connectivity index (χ2v) is 8.01. The van der Waals surface area contributed by atoms with Crippen molar-refractivity contribution in [2.75, 3.05) is 19.6 Å². The number of carbonyl (C=O) groups excluding carboxylic acids is 1. The van der Waals surface area contributed by atoms with Gasteiger partial charge in [0.15, 0.2) is 5.60 Å². The van der Waals surface area contributed by atoms with Gasteiger partial charge in [-0.1, -0.05) is 60.7 Å². The molecule has 2 aromatic rings. The van der Waals surface area contributed by atoms with E-state index in [4.69, 9.17) is 0 Å². The highest BCUT2D eigenvalue weighted by Gasteiger charge is 2.42. The summed E-state index contributed by atoms with van der Waals surface area (Å²) in [6.07, 6.45) is 2.14. The molecule has 1 unspecified atom stereocenters. The third-order valence-electron chi connectivity index (χ3n) is 5.54. The standard InChI is InChI=1S/C23H30N2O2/c1-22(2,20-12-7-4-8-13-20)24-18-23(27)15-9-16-25(21(23)26)17-14-19-10-5-3-6-11-19/h3-8,10-13,24,27H,9,14-18H2,1-2H3. The molecule has 1 heterocycles. The molecular weight excluding hydrogens is 336 g/mol. The molecule has 2 N–H and O–H groups in total. The van der Waals surface area contributed by atoms with E-state index in [9.17, 15) is 9.90 Å². The Labute approximate surface area is 162 Å². The zero-order valence-corrected chi connectivity index (χ0v) is 16.3. The van der Waals surface area contributed by atoms with Crippen LogP contribution >= 0.6 is 0 Å². The van der Waals surface area contributed by atoms with Gasteiger partial charge in [0.2, 0.25) is 0 Å². The van der Waals surface area contributed by atoms with Crippen LogP contribution in [0.1, 0.15) is 37.8 Å². The van der Waals surface area contributed by atoms with Gasteiger partial charge in [0.1, 0.15) is 0 Å². The molecule has 144 valence electrons. The first-order chi connectivity index (χ1) is 12.9. The second-order valence-electron chi connectivity index (χ2n) is 8.01. The van der Waals surface area contributed by atoms with Gasteiger partial charge in [0, 0.05) is 25.2 Å². The fourth-order valence-corrected chi connectivity index (χ4v) is 3.68. The molecule has 4 heteroatoms. The number of benzene rings is 2. The molecule has 0 aliphatic carbocycles. The highest BCUT2D eigenvalue weighted by molar-refractivity contribution is 5.86.